The van der Waals surface area contributed by atoms with E-state index in [1.807, 2.05) is 36.1 Å². The summed E-state index contributed by atoms with van der Waals surface area (Å²) >= 11 is 3.40. The van der Waals surface area contributed by atoms with Crippen LogP contribution in [0.3, 0.4) is 0 Å². The number of nitrogens with zero attached hydrogens (tertiary/aromatic N) is 1. The molecule has 6 heteroatoms. The minimum absolute atomic E-state index is 0.203. The Hall–Kier alpha value is -2.08. The van der Waals surface area contributed by atoms with E-state index in [1.54, 1.807) is 6.92 Å². The minimum atomic E-state index is -0.215. The van der Waals surface area contributed by atoms with Gasteiger partial charge in [-0.25, -0.2) is 0 Å². The number of hydrogen-bond donors (Lipinski definition) is 1. The number of carbonyl (C=O) groups is 2. The van der Waals surface area contributed by atoms with Crippen molar-refractivity contribution >= 4 is 33.4 Å². The predicted octanol–water partition coefficient (Wildman–Crippen LogP) is 4.42. The van der Waals surface area contributed by atoms with Gasteiger partial charge in [0.2, 0.25) is 5.91 Å². The fourth-order valence-electron chi connectivity index (χ4n) is 3.11. The van der Waals surface area contributed by atoms with Crippen LogP contribution < -0.4 is 5.32 Å². The Morgan fingerprint density at radius 1 is 1.28 bits per heavy atom. The Kier molecular flexibility index (Phi) is 5.27. The molecule has 1 saturated heterocycles. The SMILES string of the molecule is Cc1oc(C)c(C(=O)Nc2cccc(CN3CCCCC3=O)c2)c1Br. The Bertz CT molecular complexity index is 813. The molecular weight excluding hydrogens is 384 g/mol. The molecule has 1 aliphatic heterocycles. The molecular formula is C19H21BrN2O3. The monoisotopic (exact) mass is 404 g/mol. The first-order valence-electron chi connectivity index (χ1n) is 8.39. The number of carbonyl (C=O) groups excluding carboxylic acids is 2. The van der Waals surface area contributed by atoms with Crippen LogP contribution in [0.1, 0.15) is 46.7 Å². The smallest absolute Gasteiger partial charge is 0.260 e. The van der Waals surface area contributed by atoms with Crippen LogP contribution in [0.4, 0.5) is 5.69 Å². The molecule has 0 bridgehead atoms. The van der Waals surface area contributed by atoms with Crippen LogP contribution in [0.15, 0.2) is 33.2 Å². The van der Waals surface area contributed by atoms with Crippen molar-refractivity contribution in [1.82, 2.24) is 4.90 Å². The van der Waals surface area contributed by atoms with E-state index in [-0.39, 0.29) is 11.8 Å². The third-order valence-corrected chi connectivity index (χ3v) is 5.35. The van der Waals surface area contributed by atoms with Gasteiger partial charge in [0.25, 0.3) is 5.91 Å². The van der Waals surface area contributed by atoms with Gasteiger partial charge in [-0.05, 0) is 60.3 Å². The van der Waals surface area contributed by atoms with E-state index in [0.717, 1.165) is 24.9 Å². The number of hydrogen-bond acceptors (Lipinski definition) is 3. The summed E-state index contributed by atoms with van der Waals surface area (Å²) in [7, 11) is 0. The van der Waals surface area contributed by atoms with Crippen LogP contribution >= 0.6 is 15.9 Å². The molecule has 1 aliphatic rings. The zero-order valence-corrected chi connectivity index (χ0v) is 16.0. The van der Waals surface area contributed by atoms with Crippen LogP contribution in [0.2, 0.25) is 0 Å². The largest absolute Gasteiger partial charge is 0.465 e. The molecule has 5 nitrogen and oxygen atoms in total. The quantitative estimate of drug-likeness (QED) is 0.819. The molecule has 3 rings (SSSR count). The number of piperidine rings is 1. The lowest BCUT2D eigenvalue weighted by atomic mass is 10.1. The first kappa shape index (κ1) is 17.7. The Balaban J connectivity index is 1.73. The summed E-state index contributed by atoms with van der Waals surface area (Å²) in [5.41, 5.74) is 2.22. The van der Waals surface area contributed by atoms with E-state index in [1.165, 1.54) is 0 Å². The van der Waals surface area contributed by atoms with Crippen molar-refractivity contribution in [3.05, 3.63) is 51.4 Å². The lowest BCUT2D eigenvalue weighted by Gasteiger charge is -2.26. The average molecular weight is 405 g/mol. The van der Waals surface area contributed by atoms with Gasteiger partial charge in [0.1, 0.15) is 11.5 Å². The second-order valence-electron chi connectivity index (χ2n) is 6.33. The van der Waals surface area contributed by atoms with Crippen LogP contribution in [-0.4, -0.2) is 23.3 Å². The molecule has 132 valence electrons. The standard InChI is InChI=1S/C19H21BrN2O3/c1-12-17(18(20)13(2)25-12)19(24)21-15-7-5-6-14(10-15)11-22-9-4-3-8-16(22)23/h5-7,10H,3-4,8-9,11H2,1-2H3,(H,21,24). The van der Waals surface area contributed by atoms with Crippen molar-refractivity contribution in [3.8, 4) is 0 Å². The Labute approximate surface area is 155 Å². The molecule has 0 saturated carbocycles. The molecule has 1 fully saturated rings. The van der Waals surface area contributed by atoms with Gasteiger partial charge in [-0.2, -0.15) is 0 Å². The van der Waals surface area contributed by atoms with Gasteiger partial charge in [0, 0.05) is 25.2 Å². The summed E-state index contributed by atoms with van der Waals surface area (Å²) in [6.07, 6.45) is 2.66. The summed E-state index contributed by atoms with van der Waals surface area (Å²) in [6, 6.07) is 7.62. The fraction of sp³-hybridized carbons (Fsp3) is 0.368. The lowest BCUT2D eigenvalue weighted by molar-refractivity contribution is -0.133. The number of rotatable bonds is 4. The molecule has 0 aliphatic carbocycles. The van der Waals surface area contributed by atoms with Crippen molar-refractivity contribution in [1.29, 1.82) is 0 Å². The van der Waals surface area contributed by atoms with Gasteiger partial charge in [-0.3, -0.25) is 9.59 Å². The molecule has 2 heterocycles. The molecule has 1 aromatic carbocycles. The third-order valence-electron chi connectivity index (χ3n) is 4.39. The van der Waals surface area contributed by atoms with Gasteiger partial charge >= 0.3 is 0 Å². The molecule has 0 radical (unpaired) electrons. The number of aryl methyl sites for hydroxylation is 2. The number of furan rings is 1. The third kappa shape index (κ3) is 3.95. The number of nitrogens with one attached hydrogen (secondary N) is 1. The van der Waals surface area contributed by atoms with Crippen LogP contribution in [0, 0.1) is 13.8 Å². The maximum atomic E-state index is 12.6. The van der Waals surface area contributed by atoms with Crippen LogP contribution in [0.25, 0.3) is 0 Å². The van der Waals surface area contributed by atoms with Gasteiger partial charge < -0.3 is 14.6 Å². The van der Waals surface area contributed by atoms with Crippen molar-refractivity contribution in [2.45, 2.75) is 39.7 Å². The minimum Gasteiger partial charge on any atom is -0.465 e. The number of amides is 2. The molecule has 25 heavy (non-hydrogen) atoms. The van der Waals surface area contributed by atoms with E-state index in [2.05, 4.69) is 21.2 Å². The summed E-state index contributed by atoms with van der Waals surface area (Å²) in [6.45, 7) is 4.96. The molecule has 1 aromatic heterocycles. The molecule has 0 unspecified atom stereocenters. The van der Waals surface area contributed by atoms with Gasteiger partial charge in [-0.1, -0.05) is 12.1 Å². The molecule has 1 N–H and O–H groups in total. The zero-order chi connectivity index (χ0) is 18.0. The van der Waals surface area contributed by atoms with Crippen molar-refractivity contribution in [2.75, 3.05) is 11.9 Å². The van der Waals surface area contributed by atoms with Gasteiger partial charge in [0.05, 0.1) is 10.0 Å². The Morgan fingerprint density at radius 3 is 2.76 bits per heavy atom. The second-order valence-corrected chi connectivity index (χ2v) is 7.12. The highest BCUT2D eigenvalue weighted by molar-refractivity contribution is 9.10. The van der Waals surface area contributed by atoms with Crippen LogP contribution in [0.5, 0.6) is 0 Å². The summed E-state index contributed by atoms with van der Waals surface area (Å²) < 4.78 is 6.17. The summed E-state index contributed by atoms with van der Waals surface area (Å²) in [4.78, 5) is 26.4. The van der Waals surface area contributed by atoms with E-state index in [4.69, 9.17) is 4.42 Å². The summed E-state index contributed by atoms with van der Waals surface area (Å²) in [5.74, 6) is 1.25. The molecule has 2 amide bonds. The van der Waals surface area contributed by atoms with E-state index in [9.17, 15) is 9.59 Å². The van der Waals surface area contributed by atoms with E-state index >= 15 is 0 Å². The normalized spacial score (nSPS) is 14.7. The lowest BCUT2D eigenvalue weighted by Crippen LogP contribution is -2.34. The van der Waals surface area contributed by atoms with Gasteiger partial charge in [0.15, 0.2) is 0 Å². The Morgan fingerprint density at radius 2 is 2.08 bits per heavy atom. The topological polar surface area (TPSA) is 62.6 Å². The summed E-state index contributed by atoms with van der Waals surface area (Å²) in [5, 5.41) is 2.91. The first-order chi connectivity index (χ1) is 12.0. The fourth-order valence-corrected chi connectivity index (χ4v) is 3.65. The van der Waals surface area contributed by atoms with Crippen molar-refractivity contribution in [2.24, 2.45) is 0 Å². The van der Waals surface area contributed by atoms with E-state index < -0.39 is 0 Å². The van der Waals surface area contributed by atoms with Crippen molar-refractivity contribution < 1.29 is 14.0 Å². The molecule has 2 aromatic rings. The number of anilines is 1. The first-order valence-corrected chi connectivity index (χ1v) is 9.18. The average Bonchev–Trinajstić information content (AvgIpc) is 2.82. The highest BCUT2D eigenvalue weighted by atomic mass is 79.9. The maximum absolute atomic E-state index is 12.6. The number of benzene rings is 1. The number of likely N-dealkylation sites (tertiary alicyclic amines) is 1. The van der Waals surface area contributed by atoms with Gasteiger partial charge in [-0.15, -0.1) is 0 Å². The molecule has 0 spiro atoms. The highest BCUT2D eigenvalue weighted by Gasteiger charge is 2.21. The van der Waals surface area contributed by atoms with Crippen LogP contribution in [-0.2, 0) is 11.3 Å². The maximum Gasteiger partial charge on any atom is 0.260 e. The molecule has 0 atom stereocenters. The van der Waals surface area contributed by atoms with Crippen molar-refractivity contribution in [3.63, 3.8) is 0 Å². The highest BCUT2D eigenvalue weighted by Crippen LogP contribution is 2.28. The zero-order valence-electron chi connectivity index (χ0n) is 14.4. The predicted molar refractivity (Wildman–Crippen MR) is 99.5 cm³/mol. The second kappa shape index (κ2) is 7.44. The number of halogens is 1. The van der Waals surface area contributed by atoms with E-state index in [0.29, 0.717) is 40.2 Å².